The molecule has 1 N–H and O–H groups in total. The van der Waals surface area contributed by atoms with Crippen molar-refractivity contribution in [1.82, 2.24) is 4.90 Å². The molecular formula is C24H23Cl2N3O4S. The predicted molar refractivity (Wildman–Crippen MR) is 134 cm³/mol. The Morgan fingerprint density at radius 2 is 1.79 bits per heavy atom. The minimum atomic E-state index is -3.90. The average molecular weight is 520 g/mol. The van der Waals surface area contributed by atoms with Crippen LogP contribution in [-0.4, -0.2) is 40.6 Å². The van der Waals surface area contributed by atoms with E-state index in [2.05, 4.69) is 4.72 Å². The number of anilines is 1. The molecule has 0 spiro atoms. The fraction of sp³-hybridized carbons (Fsp3) is 0.208. The van der Waals surface area contributed by atoms with E-state index in [0.717, 1.165) is 0 Å². The number of nitrogens with zero attached hydrogens (tertiary/aromatic N) is 2. The summed E-state index contributed by atoms with van der Waals surface area (Å²) in [4.78, 5) is 2.04. The summed E-state index contributed by atoms with van der Waals surface area (Å²) in [5.41, 5.74) is 0.982. The predicted octanol–water partition coefficient (Wildman–Crippen LogP) is 5.71. The first-order chi connectivity index (χ1) is 16.1. The molecule has 3 rings (SSSR count). The highest BCUT2D eigenvalue weighted by Gasteiger charge is 2.19. The number of likely N-dealkylation sites (N-methyl/N-ethyl adjacent to an activating group) is 1. The van der Waals surface area contributed by atoms with Crippen molar-refractivity contribution in [2.75, 3.05) is 32.0 Å². The highest BCUT2D eigenvalue weighted by Crippen LogP contribution is 2.33. The van der Waals surface area contributed by atoms with Crippen molar-refractivity contribution >= 4 is 38.9 Å². The number of halogens is 2. The fourth-order valence-corrected chi connectivity index (χ4v) is 4.69. The zero-order valence-corrected chi connectivity index (χ0v) is 21.1. The lowest BCUT2D eigenvalue weighted by atomic mass is 10.2. The van der Waals surface area contributed by atoms with E-state index in [1.165, 1.54) is 12.1 Å². The Labute approximate surface area is 209 Å². The van der Waals surface area contributed by atoms with Crippen LogP contribution in [0.4, 0.5) is 5.69 Å². The number of ether oxygens (including phenoxy) is 2. The molecule has 3 aromatic carbocycles. The first kappa shape index (κ1) is 25.7. The van der Waals surface area contributed by atoms with Gasteiger partial charge in [-0.1, -0.05) is 29.3 Å². The number of nitrogens with one attached hydrogen (secondary N) is 1. The van der Waals surface area contributed by atoms with Crippen molar-refractivity contribution in [3.63, 3.8) is 0 Å². The second-order valence-electron chi connectivity index (χ2n) is 7.66. The first-order valence-corrected chi connectivity index (χ1v) is 12.4. The molecule has 7 nitrogen and oxygen atoms in total. The summed E-state index contributed by atoms with van der Waals surface area (Å²) < 4.78 is 40.1. The normalized spacial score (nSPS) is 11.2. The Balaban J connectivity index is 1.80. The van der Waals surface area contributed by atoms with Gasteiger partial charge in [-0.05, 0) is 69.0 Å². The summed E-state index contributed by atoms with van der Waals surface area (Å²) in [5.74, 6) is 1.04. The van der Waals surface area contributed by atoms with Crippen LogP contribution in [0.3, 0.4) is 0 Å². The number of aryl methyl sites for hydroxylation is 1. The topological polar surface area (TPSA) is 91.7 Å². The Morgan fingerprint density at radius 3 is 2.47 bits per heavy atom. The summed E-state index contributed by atoms with van der Waals surface area (Å²) in [5, 5.41) is 9.97. The zero-order valence-electron chi connectivity index (χ0n) is 18.8. The van der Waals surface area contributed by atoms with Crippen LogP contribution in [0.2, 0.25) is 10.0 Å². The van der Waals surface area contributed by atoms with Gasteiger partial charge < -0.3 is 14.4 Å². The van der Waals surface area contributed by atoms with E-state index in [1.54, 1.807) is 49.4 Å². The van der Waals surface area contributed by atoms with Crippen LogP contribution in [-0.2, 0) is 10.0 Å². The molecule has 0 aliphatic rings. The van der Waals surface area contributed by atoms with E-state index in [0.29, 0.717) is 40.9 Å². The molecule has 34 heavy (non-hydrogen) atoms. The summed E-state index contributed by atoms with van der Waals surface area (Å²) in [6, 6.07) is 16.1. The van der Waals surface area contributed by atoms with E-state index >= 15 is 0 Å². The van der Waals surface area contributed by atoms with Crippen LogP contribution in [0.15, 0.2) is 59.5 Å². The molecule has 0 radical (unpaired) electrons. The molecule has 0 unspecified atom stereocenters. The quantitative estimate of drug-likeness (QED) is 0.389. The van der Waals surface area contributed by atoms with Crippen molar-refractivity contribution in [1.29, 1.82) is 5.26 Å². The minimum absolute atomic E-state index is 0.0801. The molecule has 0 saturated carbocycles. The third-order valence-corrected chi connectivity index (χ3v) is 6.90. The second-order valence-corrected chi connectivity index (χ2v) is 10.1. The third-order valence-electron chi connectivity index (χ3n) is 4.73. The van der Waals surface area contributed by atoms with E-state index in [-0.39, 0.29) is 21.2 Å². The molecule has 0 heterocycles. The largest absolute Gasteiger partial charge is 0.491 e. The van der Waals surface area contributed by atoms with Gasteiger partial charge in [0, 0.05) is 12.6 Å². The standard InChI is InChI=1S/C24H23Cl2N3O4S/c1-16-13-18(33-22-6-4-5-20(25)19(22)15-27)8-10-24(16)34(30,31)28-17-7-9-21(26)23(14-17)32-12-11-29(2)3/h4-10,13-14,28H,11-12H2,1-3H3. The summed E-state index contributed by atoms with van der Waals surface area (Å²) in [6.45, 7) is 2.75. The maximum atomic E-state index is 13.0. The monoisotopic (exact) mass is 519 g/mol. The molecular weight excluding hydrogens is 497 g/mol. The van der Waals surface area contributed by atoms with E-state index in [4.69, 9.17) is 32.7 Å². The van der Waals surface area contributed by atoms with Gasteiger partial charge in [0.25, 0.3) is 10.0 Å². The smallest absolute Gasteiger partial charge is 0.262 e. The number of benzene rings is 3. The average Bonchev–Trinajstić information content (AvgIpc) is 2.75. The zero-order chi connectivity index (χ0) is 24.9. The maximum absolute atomic E-state index is 13.0. The van der Waals surface area contributed by atoms with Crippen LogP contribution in [0.25, 0.3) is 0 Å². The lowest BCUT2D eigenvalue weighted by Crippen LogP contribution is -2.19. The second kappa shape index (κ2) is 11.0. The molecule has 178 valence electrons. The van der Waals surface area contributed by atoms with Gasteiger partial charge in [0.1, 0.15) is 35.5 Å². The fourth-order valence-electron chi connectivity index (χ4n) is 3.04. The van der Waals surface area contributed by atoms with Crippen LogP contribution in [0.1, 0.15) is 11.1 Å². The SMILES string of the molecule is Cc1cc(Oc2cccc(Cl)c2C#N)ccc1S(=O)(=O)Nc1ccc(Cl)c(OCCN(C)C)c1. The summed E-state index contributed by atoms with van der Waals surface area (Å²) >= 11 is 12.2. The van der Waals surface area contributed by atoms with Crippen molar-refractivity contribution < 1.29 is 17.9 Å². The molecule has 3 aromatic rings. The van der Waals surface area contributed by atoms with Crippen molar-refractivity contribution in [2.24, 2.45) is 0 Å². The molecule has 0 aromatic heterocycles. The molecule has 0 bridgehead atoms. The van der Waals surface area contributed by atoms with Crippen molar-refractivity contribution in [3.05, 3.63) is 75.8 Å². The minimum Gasteiger partial charge on any atom is -0.491 e. The third kappa shape index (κ3) is 6.33. The van der Waals surface area contributed by atoms with Gasteiger partial charge in [0.2, 0.25) is 0 Å². The van der Waals surface area contributed by atoms with E-state index in [1.807, 2.05) is 25.1 Å². The van der Waals surface area contributed by atoms with Crippen LogP contribution in [0, 0.1) is 18.3 Å². The maximum Gasteiger partial charge on any atom is 0.262 e. The van der Waals surface area contributed by atoms with E-state index in [9.17, 15) is 13.7 Å². The Kier molecular flexibility index (Phi) is 8.28. The number of nitriles is 1. The number of rotatable bonds is 9. The molecule has 0 aliphatic carbocycles. The van der Waals surface area contributed by atoms with Gasteiger partial charge in [0.05, 0.1) is 20.6 Å². The van der Waals surface area contributed by atoms with Gasteiger partial charge >= 0.3 is 0 Å². The lowest BCUT2D eigenvalue weighted by molar-refractivity contribution is 0.261. The van der Waals surface area contributed by atoms with Gasteiger partial charge in [-0.15, -0.1) is 0 Å². The highest BCUT2D eigenvalue weighted by molar-refractivity contribution is 7.92. The van der Waals surface area contributed by atoms with Gasteiger partial charge in [0.15, 0.2) is 0 Å². The van der Waals surface area contributed by atoms with Gasteiger partial charge in [-0.3, -0.25) is 4.72 Å². The van der Waals surface area contributed by atoms with Gasteiger partial charge in [-0.25, -0.2) is 8.42 Å². The van der Waals surface area contributed by atoms with Crippen molar-refractivity contribution in [3.8, 4) is 23.3 Å². The van der Waals surface area contributed by atoms with Crippen LogP contribution >= 0.6 is 23.2 Å². The van der Waals surface area contributed by atoms with Crippen LogP contribution in [0.5, 0.6) is 17.2 Å². The molecule has 0 fully saturated rings. The number of hydrogen-bond acceptors (Lipinski definition) is 6. The van der Waals surface area contributed by atoms with Gasteiger partial charge in [-0.2, -0.15) is 5.26 Å². The lowest BCUT2D eigenvalue weighted by Gasteiger charge is -2.15. The number of sulfonamides is 1. The Bertz CT molecular complexity index is 1340. The van der Waals surface area contributed by atoms with Crippen LogP contribution < -0.4 is 14.2 Å². The Hall–Kier alpha value is -2.96. The molecule has 0 aliphatic heterocycles. The van der Waals surface area contributed by atoms with Crippen molar-refractivity contribution in [2.45, 2.75) is 11.8 Å². The number of hydrogen-bond donors (Lipinski definition) is 1. The van der Waals surface area contributed by atoms with E-state index < -0.39 is 10.0 Å². The molecule has 10 heteroatoms. The summed E-state index contributed by atoms with van der Waals surface area (Å²) in [6.07, 6.45) is 0. The molecule has 0 amide bonds. The highest BCUT2D eigenvalue weighted by atomic mass is 35.5. The summed E-state index contributed by atoms with van der Waals surface area (Å²) in [7, 11) is -0.0582. The first-order valence-electron chi connectivity index (χ1n) is 10.2. The molecule has 0 atom stereocenters. The Morgan fingerprint density at radius 1 is 1.03 bits per heavy atom. The molecule has 0 saturated heterocycles.